The number of halogens is 1. The molecule has 5 rings (SSSR count). The van der Waals surface area contributed by atoms with E-state index in [2.05, 4.69) is 20.6 Å². The molecule has 11 nitrogen and oxygen atoms in total. The Morgan fingerprint density at radius 1 is 1.29 bits per heavy atom. The standard InChI is InChI=1S/C19H16FN7O4/c20-16-5-13(26-10-15(30-19(26)29)9-25-4-3-21-24-25)1-2-18(16)27-8-12(7-22-27)17-6-14(11-28)31-23-17/h1-8,15,28H,9-11H2/t15-/m0/s1. The molecular formula is C19H16FN7O4. The van der Waals surface area contributed by atoms with Gasteiger partial charge in [-0.1, -0.05) is 10.4 Å². The van der Waals surface area contributed by atoms with Crippen LogP contribution in [0.15, 0.2) is 53.6 Å². The van der Waals surface area contributed by atoms with E-state index in [0.29, 0.717) is 29.2 Å². The van der Waals surface area contributed by atoms with Gasteiger partial charge in [-0.15, -0.1) is 5.10 Å². The van der Waals surface area contributed by atoms with Gasteiger partial charge in [0.15, 0.2) is 11.6 Å². The molecule has 12 heteroatoms. The van der Waals surface area contributed by atoms with E-state index in [4.69, 9.17) is 14.4 Å². The van der Waals surface area contributed by atoms with Crippen LogP contribution in [0.4, 0.5) is 14.9 Å². The zero-order chi connectivity index (χ0) is 21.4. The maximum Gasteiger partial charge on any atom is 0.414 e. The summed E-state index contributed by atoms with van der Waals surface area (Å²) in [6.07, 6.45) is 5.35. The normalized spacial score (nSPS) is 16.1. The van der Waals surface area contributed by atoms with E-state index in [1.54, 1.807) is 29.2 Å². The van der Waals surface area contributed by atoms with Crippen LogP contribution < -0.4 is 4.90 Å². The molecule has 1 aliphatic heterocycles. The Morgan fingerprint density at radius 2 is 2.19 bits per heavy atom. The number of carbonyl (C=O) groups is 1. The van der Waals surface area contributed by atoms with Crippen LogP contribution in [-0.2, 0) is 17.9 Å². The Labute approximate surface area is 174 Å². The second-order valence-corrected chi connectivity index (χ2v) is 6.89. The molecule has 31 heavy (non-hydrogen) atoms. The van der Waals surface area contributed by atoms with Crippen molar-refractivity contribution < 1.29 is 23.6 Å². The van der Waals surface area contributed by atoms with Crippen molar-refractivity contribution in [2.45, 2.75) is 19.3 Å². The highest BCUT2D eigenvalue weighted by molar-refractivity contribution is 5.89. The number of aromatic nitrogens is 6. The van der Waals surface area contributed by atoms with Crippen molar-refractivity contribution in [2.24, 2.45) is 0 Å². The van der Waals surface area contributed by atoms with E-state index in [0.717, 1.165) is 0 Å². The predicted octanol–water partition coefficient (Wildman–Crippen LogP) is 1.78. The molecular weight excluding hydrogens is 409 g/mol. The number of hydrogen-bond acceptors (Lipinski definition) is 8. The molecule has 1 N–H and O–H groups in total. The molecule has 4 aromatic rings. The average Bonchev–Trinajstić information content (AvgIpc) is 3.55. The van der Waals surface area contributed by atoms with Crippen LogP contribution >= 0.6 is 0 Å². The molecule has 0 saturated carbocycles. The van der Waals surface area contributed by atoms with Gasteiger partial charge in [-0.2, -0.15) is 5.10 Å². The third kappa shape index (κ3) is 3.64. The summed E-state index contributed by atoms with van der Waals surface area (Å²) in [7, 11) is 0. The smallest absolute Gasteiger partial charge is 0.414 e. The molecule has 1 aliphatic rings. The number of aliphatic hydroxyl groups is 1. The van der Waals surface area contributed by atoms with Gasteiger partial charge >= 0.3 is 6.09 Å². The molecule has 1 amide bonds. The Morgan fingerprint density at radius 3 is 2.94 bits per heavy atom. The van der Waals surface area contributed by atoms with E-state index in [-0.39, 0.29) is 18.8 Å². The summed E-state index contributed by atoms with van der Waals surface area (Å²) in [6.45, 7) is 0.359. The molecule has 1 aromatic carbocycles. The molecule has 1 fully saturated rings. The van der Waals surface area contributed by atoms with Crippen LogP contribution in [0.1, 0.15) is 5.76 Å². The van der Waals surface area contributed by atoms with Gasteiger partial charge in [0.05, 0.1) is 31.2 Å². The van der Waals surface area contributed by atoms with E-state index < -0.39 is 18.0 Å². The number of ether oxygens (including phenoxy) is 1. The van der Waals surface area contributed by atoms with Gasteiger partial charge in [0.1, 0.15) is 24.1 Å². The molecule has 158 valence electrons. The van der Waals surface area contributed by atoms with Crippen LogP contribution in [0.2, 0.25) is 0 Å². The van der Waals surface area contributed by atoms with Gasteiger partial charge in [-0.3, -0.25) is 4.90 Å². The molecule has 4 heterocycles. The summed E-state index contributed by atoms with van der Waals surface area (Å²) in [5.41, 5.74) is 1.66. The van der Waals surface area contributed by atoms with Crippen molar-refractivity contribution in [1.82, 2.24) is 29.9 Å². The van der Waals surface area contributed by atoms with Crippen LogP contribution in [0.5, 0.6) is 0 Å². The van der Waals surface area contributed by atoms with Crippen LogP contribution in [-0.4, -0.2) is 53.8 Å². The Bertz CT molecular complexity index is 1220. The number of carbonyl (C=O) groups excluding carboxylic acids is 1. The molecule has 1 atom stereocenters. The van der Waals surface area contributed by atoms with Crippen molar-refractivity contribution in [3.63, 3.8) is 0 Å². The third-order valence-electron chi connectivity index (χ3n) is 4.82. The number of benzene rings is 1. The summed E-state index contributed by atoms with van der Waals surface area (Å²) in [4.78, 5) is 13.6. The monoisotopic (exact) mass is 425 g/mol. The molecule has 1 saturated heterocycles. The minimum absolute atomic E-state index is 0.201. The number of rotatable bonds is 6. The molecule has 3 aromatic heterocycles. The highest BCUT2D eigenvalue weighted by atomic mass is 19.1. The Balaban J connectivity index is 1.34. The second kappa shape index (κ2) is 7.65. The van der Waals surface area contributed by atoms with E-state index in [9.17, 15) is 9.18 Å². The lowest BCUT2D eigenvalue weighted by atomic mass is 10.2. The number of nitrogens with zero attached hydrogens (tertiary/aromatic N) is 7. The van der Waals surface area contributed by atoms with Crippen LogP contribution in [0.25, 0.3) is 16.9 Å². The van der Waals surface area contributed by atoms with Gasteiger partial charge in [0, 0.05) is 24.0 Å². The van der Waals surface area contributed by atoms with E-state index in [1.165, 1.54) is 34.1 Å². The first-order chi connectivity index (χ1) is 15.1. The van der Waals surface area contributed by atoms with Crippen molar-refractivity contribution >= 4 is 11.8 Å². The second-order valence-electron chi connectivity index (χ2n) is 6.89. The minimum Gasteiger partial charge on any atom is -0.442 e. The summed E-state index contributed by atoms with van der Waals surface area (Å²) in [5, 5.41) is 24.7. The van der Waals surface area contributed by atoms with Gasteiger partial charge < -0.3 is 14.4 Å². The number of aliphatic hydroxyl groups excluding tert-OH is 1. The maximum absolute atomic E-state index is 14.9. The minimum atomic E-state index is -0.559. The fourth-order valence-corrected chi connectivity index (χ4v) is 3.33. The Hall–Kier alpha value is -4.06. The molecule has 0 radical (unpaired) electrons. The summed E-state index contributed by atoms with van der Waals surface area (Å²) >= 11 is 0. The summed E-state index contributed by atoms with van der Waals surface area (Å²) in [6, 6.07) is 5.99. The first kappa shape index (κ1) is 18.9. The molecule has 0 spiro atoms. The fraction of sp³-hybridized carbons (Fsp3) is 0.211. The maximum atomic E-state index is 14.9. The predicted molar refractivity (Wildman–Crippen MR) is 103 cm³/mol. The van der Waals surface area contributed by atoms with Crippen molar-refractivity contribution in [2.75, 3.05) is 11.4 Å². The number of amides is 1. The highest BCUT2D eigenvalue weighted by Gasteiger charge is 2.33. The zero-order valence-corrected chi connectivity index (χ0v) is 16.0. The zero-order valence-electron chi connectivity index (χ0n) is 16.0. The summed E-state index contributed by atoms with van der Waals surface area (Å²) < 4.78 is 28.1. The van der Waals surface area contributed by atoms with Gasteiger partial charge in [0.2, 0.25) is 0 Å². The third-order valence-corrected chi connectivity index (χ3v) is 4.82. The number of anilines is 1. The summed E-state index contributed by atoms with van der Waals surface area (Å²) in [5.74, 6) is -0.242. The van der Waals surface area contributed by atoms with Crippen molar-refractivity contribution in [3.05, 3.63) is 60.6 Å². The average molecular weight is 425 g/mol. The number of cyclic esters (lactones) is 1. The lowest BCUT2D eigenvalue weighted by Gasteiger charge is -2.14. The lowest BCUT2D eigenvalue weighted by molar-refractivity contribution is 0.129. The first-order valence-electron chi connectivity index (χ1n) is 9.34. The SMILES string of the molecule is O=C1O[C@@H](Cn2ccnn2)CN1c1ccc(-n2cc(-c3cc(CO)on3)cn2)c(F)c1. The molecule has 0 aliphatic carbocycles. The van der Waals surface area contributed by atoms with Crippen LogP contribution in [0, 0.1) is 5.82 Å². The molecule has 0 unspecified atom stereocenters. The quantitative estimate of drug-likeness (QED) is 0.496. The lowest BCUT2D eigenvalue weighted by Crippen LogP contribution is -2.26. The van der Waals surface area contributed by atoms with Gasteiger partial charge in [-0.25, -0.2) is 18.5 Å². The van der Waals surface area contributed by atoms with E-state index in [1.807, 2.05) is 0 Å². The largest absolute Gasteiger partial charge is 0.442 e. The molecule has 0 bridgehead atoms. The van der Waals surface area contributed by atoms with E-state index >= 15 is 0 Å². The van der Waals surface area contributed by atoms with Gasteiger partial charge in [-0.05, 0) is 18.2 Å². The fourth-order valence-electron chi connectivity index (χ4n) is 3.33. The highest BCUT2D eigenvalue weighted by Crippen LogP contribution is 2.27. The van der Waals surface area contributed by atoms with Crippen molar-refractivity contribution in [1.29, 1.82) is 0 Å². The van der Waals surface area contributed by atoms with Gasteiger partial charge in [0.25, 0.3) is 0 Å². The van der Waals surface area contributed by atoms with Crippen LogP contribution in [0.3, 0.4) is 0 Å². The van der Waals surface area contributed by atoms with Crippen molar-refractivity contribution in [3.8, 4) is 16.9 Å². The first-order valence-corrected chi connectivity index (χ1v) is 9.34. The Kier molecular flexibility index (Phi) is 4.67. The number of hydrogen-bond donors (Lipinski definition) is 1. The topological polar surface area (TPSA) is 124 Å².